The third kappa shape index (κ3) is 4.91. The molecule has 162 valence electrons. The van der Waals surface area contributed by atoms with Crippen molar-refractivity contribution < 1.29 is 14.3 Å². The Balaban J connectivity index is 1.60. The number of nitrogens with one attached hydrogen (secondary N) is 1. The van der Waals surface area contributed by atoms with Crippen molar-refractivity contribution in [2.45, 2.75) is 72.4 Å². The first kappa shape index (κ1) is 22.1. The molecule has 0 aliphatic heterocycles. The van der Waals surface area contributed by atoms with E-state index in [1.165, 1.54) is 6.42 Å². The number of aryl methyl sites for hydroxylation is 1. The number of hydrogen-bond donors (Lipinski definition) is 1. The minimum Gasteiger partial charge on any atom is -0.452 e. The molecular weight excluding hydrogens is 378 g/mol. The Bertz CT molecular complexity index is 891. The maximum absolute atomic E-state index is 12.6. The molecular formula is C24H33N3O3. The van der Waals surface area contributed by atoms with Gasteiger partial charge in [-0.15, -0.1) is 0 Å². The topological polar surface area (TPSA) is 73.2 Å². The Morgan fingerprint density at radius 1 is 1.20 bits per heavy atom. The summed E-state index contributed by atoms with van der Waals surface area (Å²) in [5.41, 5.74) is 3.47. The molecule has 0 bridgehead atoms. The van der Waals surface area contributed by atoms with Crippen molar-refractivity contribution in [3.63, 3.8) is 0 Å². The number of amides is 1. The number of esters is 1. The Labute approximate surface area is 179 Å². The second-order valence-electron chi connectivity index (χ2n) is 8.59. The SMILES string of the molecule is Cc1nn(-c2ccccc2)c(C)c1CC(=O)O[C@H](C)C(=O)N[C@H]1CCC[C@H](C)[C@@H]1C. The molecule has 2 aromatic rings. The van der Waals surface area contributed by atoms with Crippen molar-refractivity contribution in [2.75, 3.05) is 0 Å². The smallest absolute Gasteiger partial charge is 0.311 e. The average molecular weight is 412 g/mol. The lowest BCUT2D eigenvalue weighted by atomic mass is 9.78. The van der Waals surface area contributed by atoms with Crippen LogP contribution in [-0.2, 0) is 20.7 Å². The van der Waals surface area contributed by atoms with Gasteiger partial charge in [-0.3, -0.25) is 9.59 Å². The number of carbonyl (C=O) groups excluding carboxylic acids is 2. The molecule has 6 heteroatoms. The van der Waals surface area contributed by atoms with Gasteiger partial charge in [0.05, 0.1) is 17.8 Å². The van der Waals surface area contributed by atoms with Crippen LogP contribution in [0.25, 0.3) is 5.69 Å². The van der Waals surface area contributed by atoms with Crippen molar-refractivity contribution >= 4 is 11.9 Å². The van der Waals surface area contributed by atoms with E-state index >= 15 is 0 Å². The highest BCUT2D eigenvalue weighted by Crippen LogP contribution is 2.29. The van der Waals surface area contributed by atoms with Gasteiger partial charge < -0.3 is 10.1 Å². The number of carbonyl (C=O) groups is 2. The molecule has 0 saturated heterocycles. The van der Waals surface area contributed by atoms with Crippen LogP contribution in [0.1, 0.15) is 57.0 Å². The number of para-hydroxylation sites is 1. The van der Waals surface area contributed by atoms with Gasteiger partial charge in [0.1, 0.15) is 0 Å². The second kappa shape index (κ2) is 9.45. The fourth-order valence-electron chi connectivity index (χ4n) is 4.27. The summed E-state index contributed by atoms with van der Waals surface area (Å²) in [4.78, 5) is 25.1. The van der Waals surface area contributed by atoms with E-state index in [1.807, 2.05) is 48.9 Å². The third-order valence-electron chi connectivity index (χ3n) is 6.47. The van der Waals surface area contributed by atoms with Crippen LogP contribution in [0.3, 0.4) is 0 Å². The van der Waals surface area contributed by atoms with E-state index in [9.17, 15) is 9.59 Å². The van der Waals surface area contributed by atoms with Gasteiger partial charge in [-0.25, -0.2) is 4.68 Å². The summed E-state index contributed by atoms with van der Waals surface area (Å²) in [6.07, 6.45) is 2.59. The lowest BCUT2D eigenvalue weighted by Crippen LogP contribution is -2.47. The Hall–Kier alpha value is -2.63. The van der Waals surface area contributed by atoms with Gasteiger partial charge in [0, 0.05) is 17.3 Å². The number of hydrogen-bond acceptors (Lipinski definition) is 4. The maximum Gasteiger partial charge on any atom is 0.311 e. The highest BCUT2D eigenvalue weighted by atomic mass is 16.5. The van der Waals surface area contributed by atoms with Crippen LogP contribution in [-0.4, -0.2) is 33.8 Å². The summed E-state index contributed by atoms with van der Waals surface area (Å²) in [6, 6.07) is 9.95. The standard InChI is InChI=1S/C24H33N3O3/c1-15-10-9-13-22(16(15)2)25-24(29)19(5)30-23(28)14-21-17(3)26-27(18(21)4)20-11-7-6-8-12-20/h6-8,11-12,15-16,19,22H,9-10,13-14H2,1-5H3,(H,25,29)/t15-,16-,19+,22-/m0/s1. The summed E-state index contributed by atoms with van der Waals surface area (Å²) in [7, 11) is 0. The molecule has 3 rings (SSSR count). The van der Waals surface area contributed by atoms with Gasteiger partial charge in [0.25, 0.3) is 5.91 Å². The number of benzene rings is 1. The molecule has 1 saturated carbocycles. The summed E-state index contributed by atoms with van der Waals surface area (Å²) in [5.74, 6) is 0.387. The summed E-state index contributed by atoms with van der Waals surface area (Å²) >= 11 is 0. The molecule has 1 aromatic heterocycles. The van der Waals surface area contributed by atoms with E-state index in [-0.39, 0.29) is 18.4 Å². The van der Waals surface area contributed by atoms with E-state index in [4.69, 9.17) is 4.74 Å². The normalized spacial score (nSPS) is 22.4. The molecule has 0 radical (unpaired) electrons. The number of aromatic nitrogens is 2. The highest BCUT2D eigenvalue weighted by molar-refractivity contribution is 5.84. The largest absolute Gasteiger partial charge is 0.452 e. The van der Waals surface area contributed by atoms with Gasteiger partial charge >= 0.3 is 5.97 Å². The van der Waals surface area contributed by atoms with Crippen LogP contribution in [0.2, 0.25) is 0 Å². The molecule has 6 nitrogen and oxygen atoms in total. The molecule has 0 unspecified atom stereocenters. The lowest BCUT2D eigenvalue weighted by Gasteiger charge is -2.35. The Kier molecular flexibility index (Phi) is 6.95. The van der Waals surface area contributed by atoms with Crippen LogP contribution in [0.4, 0.5) is 0 Å². The minimum absolute atomic E-state index is 0.0962. The van der Waals surface area contributed by atoms with E-state index in [1.54, 1.807) is 6.92 Å². The van der Waals surface area contributed by atoms with E-state index in [0.29, 0.717) is 11.8 Å². The molecule has 1 fully saturated rings. The first-order chi connectivity index (χ1) is 14.3. The molecule has 1 aliphatic rings. The van der Waals surface area contributed by atoms with Gasteiger partial charge in [-0.05, 0) is 51.2 Å². The van der Waals surface area contributed by atoms with E-state index < -0.39 is 12.1 Å². The monoisotopic (exact) mass is 411 g/mol. The van der Waals surface area contributed by atoms with Crippen molar-refractivity contribution in [1.29, 1.82) is 0 Å². The molecule has 1 heterocycles. The van der Waals surface area contributed by atoms with Crippen LogP contribution < -0.4 is 5.32 Å². The van der Waals surface area contributed by atoms with Crippen molar-refractivity contribution in [1.82, 2.24) is 15.1 Å². The highest BCUT2D eigenvalue weighted by Gasteiger charge is 2.30. The van der Waals surface area contributed by atoms with Crippen LogP contribution in [0.5, 0.6) is 0 Å². The molecule has 1 amide bonds. The van der Waals surface area contributed by atoms with Crippen LogP contribution in [0.15, 0.2) is 30.3 Å². The van der Waals surface area contributed by atoms with E-state index in [0.717, 1.165) is 35.5 Å². The number of nitrogens with zero attached hydrogens (tertiary/aromatic N) is 2. The molecule has 0 spiro atoms. The van der Waals surface area contributed by atoms with Crippen LogP contribution >= 0.6 is 0 Å². The zero-order chi connectivity index (χ0) is 21.8. The van der Waals surface area contributed by atoms with Crippen LogP contribution in [0, 0.1) is 25.7 Å². The van der Waals surface area contributed by atoms with Crippen molar-refractivity contribution in [3.05, 3.63) is 47.3 Å². The van der Waals surface area contributed by atoms with E-state index in [2.05, 4.69) is 24.3 Å². The molecule has 4 atom stereocenters. The Morgan fingerprint density at radius 3 is 2.60 bits per heavy atom. The van der Waals surface area contributed by atoms with Crippen molar-refractivity contribution in [2.24, 2.45) is 11.8 Å². The predicted molar refractivity (Wildman–Crippen MR) is 116 cm³/mol. The average Bonchev–Trinajstić information content (AvgIpc) is 3.00. The molecule has 1 aliphatic carbocycles. The molecule has 30 heavy (non-hydrogen) atoms. The summed E-state index contributed by atoms with van der Waals surface area (Å²) in [5, 5.41) is 7.65. The van der Waals surface area contributed by atoms with Gasteiger partial charge in [0.2, 0.25) is 0 Å². The zero-order valence-electron chi connectivity index (χ0n) is 18.6. The number of rotatable bonds is 6. The third-order valence-corrected chi connectivity index (χ3v) is 6.47. The zero-order valence-corrected chi connectivity index (χ0v) is 18.6. The number of ether oxygens (including phenoxy) is 1. The maximum atomic E-state index is 12.6. The molecule has 1 N–H and O–H groups in total. The fourth-order valence-corrected chi connectivity index (χ4v) is 4.27. The summed E-state index contributed by atoms with van der Waals surface area (Å²) in [6.45, 7) is 9.87. The summed E-state index contributed by atoms with van der Waals surface area (Å²) < 4.78 is 7.29. The van der Waals surface area contributed by atoms with Crippen molar-refractivity contribution in [3.8, 4) is 5.69 Å². The van der Waals surface area contributed by atoms with Gasteiger partial charge in [-0.1, -0.05) is 44.9 Å². The minimum atomic E-state index is -0.813. The first-order valence-electron chi connectivity index (χ1n) is 10.9. The Morgan fingerprint density at radius 2 is 1.90 bits per heavy atom. The van der Waals surface area contributed by atoms with Gasteiger partial charge in [0.15, 0.2) is 6.10 Å². The lowest BCUT2D eigenvalue weighted by molar-refractivity contribution is -0.154. The first-order valence-corrected chi connectivity index (χ1v) is 10.9. The quantitative estimate of drug-likeness (QED) is 0.732. The van der Waals surface area contributed by atoms with Gasteiger partial charge in [-0.2, -0.15) is 5.10 Å². The predicted octanol–water partition coefficient (Wildman–Crippen LogP) is 3.90. The fraction of sp³-hybridized carbons (Fsp3) is 0.542. The second-order valence-corrected chi connectivity index (χ2v) is 8.59. The molecule has 1 aromatic carbocycles.